The first-order valence-corrected chi connectivity index (χ1v) is 10.00. The van der Waals surface area contributed by atoms with Gasteiger partial charge >= 0.3 is 34.1 Å². The Morgan fingerprint density at radius 1 is 0.545 bits per heavy atom. The molecule has 0 bridgehead atoms. The predicted molar refractivity (Wildman–Crippen MR) is 124 cm³/mol. The van der Waals surface area contributed by atoms with Gasteiger partial charge in [0.25, 0.3) is 0 Å². The van der Waals surface area contributed by atoms with Crippen molar-refractivity contribution in [2.45, 2.75) is 45.7 Å². The Morgan fingerprint density at radius 2 is 0.818 bits per heavy atom. The topological polar surface area (TPSA) is 132 Å². The van der Waals surface area contributed by atoms with Crippen LogP contribution in [0.25, 0.3) is 0 Å². The van der Waals surface area contributed by atoms with E-state index in [2.05, 4.69) is 26.3 Å². The van der Waals surface area contributed by atoms with Crippen molar-refractivity contribution >= 4 is 0 Å². The van der Waals surface area contributed by atoms with E-state index in [0.29, 0.717) is 0 Å². The molecule has 2 rings (SSSR count). The Labute approximate surface area is 187 Å². The average Bonchev–Trinajstić information content (AvgIpc) is 2.77. The SMILES string of the molecule is C=CCn1c(=O)n(CC=C)c(=O)n(CC(C)n2c(=O)n(CC=C)c(=O)n(CC=C)c2=O)c1=O. The maximum absolute atomic E-state index is 12.9. The van der Waals surface area contributed by atoms with Crippen molar-refractivity contribution in [2.24, 2.45) is 0 Å². The Hall–Kier alpha value is -4.22. The van der Waals surface area contributed by atoms with E-state index in [9.17, 15) is 28.8 Å². The van der Waals surface area contributed by atoms with Gasteiger partial charge < -0.3 is 0 Å². The smallest absolute Gasteiger partial charge is 0.247 e. The molecule has 0 aliphatic rings. The van der Waals surface area contributed by atoms with Crippen LogP contribution in [-0.2, 0) is 32.7 Å². The molecule has 0 amide bonds. The second kappa shape index (κ2) is 10.4. The Kier molecular flexibility index (Phi) is 7.89. The summed E-state index contributed by atoms with van der Waals surface area (Å²) in [5.41, 5.74) is -5.35. The number of nitrogens with zero attached hydrogens (tertiary/aromatic N) is 6. The molecule has 0 aliphatic carbocycles. The maximum atomic E-state index is 12.9. The van der Waals surface area contributed by atoms with Crippen LogP contribution in [0.4, 0.5) is 0 Å². The summed E-state index contributed by atoms with van der Waals surface area (Å²) >= 11 is 0. The van der Waals surface area contributed by atoms with Gasteiger partial charge in [0.2, 0.25) is 0 Å². The summed E-state index contributed by atoms with van der Waals surface area (Å²) in [6.45, 7) is 14.4. The molecule has 2 aromatic rings. The number of hydrogen-bond donors (Lipinski definition) is 0. The van der Waals surface area contributed by atoms with Crippen LogP contribution in [0, 0.1) is 0 Å². The molecule has 0 saturated carbocycles. The molecule has 1 unspecified atom stereocenters. The molecule has 0 fully saturated rings. The van der Waals surface area contributed by atoms with Crippen molar-refractivity contribution in [3.63, 3.8) is 0 Å². The van der Waals surface area contributed by atoms with Gasteiger partial charge in [0.15, 0.2) is 0 Å². The van der Waals surface area contributed by atoms with Gasteiger partial charge in [-0.25, -0.2) is 56.2 Å². The molecule has 0 N–H and O–H groups in total. The van der Waals surface area contributed by atoms with Crippen LogP contribution in [0.3, 0.4) is 0 Å². The largest absolute Gasteiger partial charge is 0.336 e. The normalized spacial score (nSPS) is 11.7. The summed E-state index contributed by atoms with van der Waals surface area (Å²) in [7, 11) is 0. The molecule has 1 atom stereocenters. The van der Waals surface area contributed by atoms with Crippen LogP contribution in [-0.4, -0.2) is 27.4 Å². The van der Waals surface area contributed by atoms with Crippen LogP contribution in [0.2, 0.25) is 0 Å². The highest BCUT2D eigenvalue weighted by atomic mass is 16.2. The lowest BCUT2D eigenvalue weighted by Crippen LogP contribution is -2.57. The summed E-state index contributed by atoms with van der Waals surface area (Å²) in [6.07, 6.45) is 5.29. The standard InChI is InChI=1S/C21H26N6O6/c1-6-10-22-16(28)23(11-7-2)19(31)26(18(22)30)14-15(5)27-20(32)24(12-8-3)17(29)25(13-9-4)21(27)33/h6-9,15H,1-4,10-14H2,5H3. The van der Waals surface area contributed by atoms with Gasteiger partial charge in [-0.15, -0.1) is 26.3 Å². The fourth-order valence-electron chi connectivity index (χ4n) is 3.35. The van der Waals surface area contributed by atoms with Crippen molar-refractivity contribution in [1.29, 1.82) is 0 Å². The van der Waals surface area contributed by atoms with Crippen molar-refractivity contribution < 1.29 is 0 Å². The molecule has 12 nitrogen and oxygen atoms in total. The molecule has 176 valence electrons. The number of allylic oxidation sites excluding steroid dienone is 4. The van der Waals surface area contributed by atoms with Crippen LogP contribution >= 0.6 is 0 Å². The molecule has 0 saturated heterocycles. The van der Waals surface area contributed by atoms with Gasteiger partial charge in [-0.2, -0.15) is 0 Å². The quantitative estimate of drug-likeness (QED) is 0.383. The summed E-state index contributed by atoms with van der Waals surface area (Å²) in [6, 6.07) is -1.03. The first-order chi connectivity index (χ1) is 15.7. The Balaban J connectivity index is 2.81. The van der Waals surface area contributed by atoms with Crippen molar-refractivity contribution in [1.82, 2.24) is 27.4 Å². The summed E-state index contributed by atoms with van der Waals surface area (Å²) in [5, 5.41) is 0. The zero-order chi connectivity index (χ0) is 24.9. The number of aromatic nitrogens is 6. The second-order valence-corrected chi connectivity index (χ2v) is 7.12. The van der Waals surface area contributed by atoms with E-state index >= 15 is 0 Å². The zero-order valence-electron chi connectivity index (χ0n) is 18.4. The molecular formula is C21H26N6O6. The van der Waals surface area contributed by atoms with E-state index < -0.39 is 46.7 Å². The summed E-state index contributed by atoms with van der Waals surface area (Å²) in [4.78, 5) is 76.7. The first-order valence-electron chi connectivity index (χ1n) is 10.00. The Morgan fingerprint density at radius 3 is 1.12 bits per heavy atom. The fourth-order valence-corrected chi connectivity index (χ4v) is 3.35. The van der Waals surface area contributed by atoms with Gasteiger partial charge in [0.1, 0.15) is 0 Å². The van der Waals surface area contributed by atoms with Gasteiger partial charge in [-0.05, 0) is 6.92 Å². The van der Waals surface area contributed by atoms with E-state index in [1.165, 1.54) is 31.2 Å². The predicted octanol–water partition coefficient (Wildman–Crippen LogP) is -1.34. The molecule has 0 spiro atoms. The molecule has 2 heterocycles. The van der Waals surface area contributed by atoms with Gasteiger partial charge in [-0.1, -0.05) is 24.3 Å². The van der Waals surface area contributed by atoms with Crippen molar-refractivity contribution in [3.8, 4) is 0 Å². The van der Waals surface area contributed by atoms with Gasteiger partial charge in [0, 0.05) is 0 Å². The minimum absolute atomic E-state index is 0.153. The van der Waals surface area contributed by atoms with Crippen LogP contribution in [0.5, 0.6) is 0 Å². The lowest BCUT2D eigenvalue weighted by atomic mass is 10.3. The highest BCUT2D eigenvalue weighted by Gasteiger charge is 2.22. The van der Waals surface area contributed by atoms with E-state index in [4.69, 9.17) is 0 Å². The molecular weight excluding hydrogens is 432 g/mol. The van der Waals surface area contributed by atoms with E-state index in [1.807, 2.05) is 0 Å². The highest BCUT2D eigenvalue weighted by Crippen LogP contribution is 2.00. The van der Waals surface area contributed by atoms with E-state index in [-0.39, 0.29) is 26.2 Å². The molecule has 33 heavy (non-hydrogen) atoms. The maximum Gasteiger partial charge on any atom is 0.336 e. The zero-order valence-corrected chi connectivity index (χ0v) is 18.4. The number of rotatable bonds is 11. The monoisotopic (exact) mass is 458 g/mol. The van der Waals surface area contributed by atoms with Crippen LogP contribution < -0.4 is 34.1 Å². The third kappa shape index (κ3) is 4.54. The van der Waals surface area contributed by atoms with E-state index in [0.717, 1.165) is 27.4 Å². The van der Waals surface area contributed by atoms with Crippen molar-refractivity contribution in [2.75, 3.05) is 0 Å². The van der Waals surface area contributed by atoms with Gasteiger partial charge in [0.05, 0.1) is 38.8 Å². The molecule has 0 radical (unpaired) electrons. The van der Waals surface area contributed by atoms with Crippen molar-refractivity contribution in [3.05, 3.63) is 114 Å². The average molecular weight is 458 g/mol. The number of hydrogen-bond acceptors (Lipinski definition) is 6. The van der Waals surface area contributed by atoms with Crippen LogP contribution in [0.1, 0.15) is 13.0 Å². The third-order valence-electron chi connectivity index (χ3n) is 4.86. The van der Waals surface area contributed by atoms with Gasteiger partial charge in [-0.3, -0.25) is 0 Å². The highest BCUT2D eigenvalue weighted by molar-refractivity contribution is 4.89. The van der Waals surface area contributed by atoms with E-state index in [1.54, 1.807) is 0 Å². The summed E-state index contributed by atoms with van der Waals surface area (Å²) < 4.78 is 4.77. The molecule has 12 heteroatoms. The summed E-state index contributed by atoms with van der Waals surface area (Å²) in [5.74, 6) is 0. The molecule has 0 aliphatic heterocycles. The molecule has 0 aromatic carbocycles. The Bertz CT molecular complexity index is 1360. The lowest BCUT2D eigenvalue weighted by molar-refractivity contribution is 0.358. The van der Waals surface area contributed by atoms with Crippen LogP contribution in [0.15, 0.2) is 79.4 Å². The second-order valence-electron chi connectivity index (χ2n) is 7.12. The molecule has 2 aromatic heterocycles. The minimum Gasteiger partial charge on any atom is -0.247 e. The third-order valence-corrected chi connectivity index (χ3v) is 4.86. The fraction of sp³-hybridized carbons (Fsp3) is 0.333. The minimum atomic E-state index is -1.03. The lowest BCUT2D eigenvalue weighted by Gasteiger charge is -2.19. The first kappa shape index (κ1) is 25.0.